The van der Waals surface area contributed by atoms with E-state index < -0.39 is 48.8 Å². The highest BCUT2D eigenvalue weighted by Gasteiger charge is 2.43. The molecule has 1 saturated carbocycles. The van der Waals surface area contributed by atoms with Gasteiger partial charge in [-0.15, -0.1) is 0 Å². The molecule has 0 aliphatic heterocycles. The van der Waals surface area contributed by atoms with Crippen molar-refractivity contribution in [3.05, 3.63) is 175 Å². The SMILES string of the molecule is CCC(C)C1=CC2CC3=CC(C(C)CC)=CC(CC4C=C(C(C)CC)C=C(CC5=CC(C(C)CC)=CC(CC6=CC(C(C)CC)=CC(CC7C=C(C(C)CC)C=C(CC8CC(C(C)CC)C=C(CC9C=C(C(C)CC)C=C(CC(=C1)C2O)C9O)C8O)C7O)C6O)C5O)C4O)C3O. The quantitative estimate of drug-likeness (QED) is 0.0709. The predicted molar refractivity (Wildman–Crippen MR) is 398 cm³/mol. The van der Waals surface area contributed by atoms with E-state index in [1.807, 2.05) is 0 Å². The first kappa shape index (κ1) is 76.0. The maximum Gasteiger partial charge on any atom is 0.0822 e. The summed E-state index contributed by atoms with van der Waals surface area (Å²) in [5, 5.41) is 104. The molecule has 530 valence electrons. The highest BCUT2D eigenvalue weighted by Crippen LogP contribution is 2.49. The van der Waals surface area contributed by atoms with Gasteiger partial charge in [0, 0.05) is 41.4 Å². The van der Waals surface area contributed by atoms with Crippen molar-refractivity contribution >= 4 is 0 Å². The summed E-state index contributed by atoms with van der Waals surface area (Å²) in [6.45, 7) is 35.8. The Hall–Kier alpha value is -4.22. The molecule has 9 aliphatic rings. The van der Waals surface area contributed by atoms with Gasteiger partial charge in [-0.3, -0.25) is 0 Å². The van der Waals surface area contributed by atoms with Gasteiger partial charge in [-0.05, 0) is 246 Å². The van der Waals surface area contributed by atoms with Crippen molar-refractivity contribution in [2.45, 2.75) is 269 Å². The third-order valence-electron chi connectivity index (χ3n) is 26.1. The average Bonchev–Trinajstić information content (AvgIpc) is 0.800. The fraction of sp³-hybridized carbons (Fsp3) is 0.659. The first-order chi connectivity index (χ1) is 45.8. The minimum atomic E-state index is -0.867. The van der Waals surface area contributed by atoms with Crippen LogP contribution in [-0.2, 0) is 0 Å². The van der Waals surface area contributed by atoms with Gasteiger partial charge in [0.15, 0.2) is 0 Å². The molecule has 9 rings (SSSR count). The van der Waals surface area contributed by atoms with E-state index in [0.717, 1.165) is 102 Å². The monoisotopic (exact) mass is 1310 g/mol. The van der Waals surface area contributed by atoms with Crippen molar-refractivity contribution < 1.29 is 40.9 Å². The predicted octanol–water partition coefficient (Wildman–Crippen LogP) is 18.3. The maximum atomic E-state index is 13.0. The lowest BCUT2D eigenvalue weighted by molar-refractivity contribution is 0.0803. The summed E-state index contributed by atoms with van der Waals surface area (Å²) in [6, 6.07) is 0. The van der Waals surface area contributed by atoms with Gasteiger partial charge in [-0.25, -0.2) is 0 Å². The topological polar surface area (TPSA) is 162 Å². The number of allylic oxidation sites excluding steroid dienone is 15. The zero-order valence-corrected chi connectivity index (χ0v) is 62.2. The van der Waals surface area contributed by atoms with Gasteiger partial charge >= 0.3 is 0 Å². The normalized spacial score (nSPS) is 35.8. The second kappa shape index (κ2) is 33.5. The smallest absolute Gasteiger partial charge is 0.0822 e. The van der Waals surface area contributed by atoms with Gasteiger partial charge in [-0.2, -0.15) is 0 Å². The Labute approximate surface area is 581 Å². The first-order valence-electron chi connectivity index (χ1n) is 38.9. The van der Waals surface area contributed by atoms with Crippen LogP contribution in [-0.4, -0.2) is 89.7 Å². The van der Waals surface area contributed by atoms with Gasteiger partial charge in [0.05, 0.1) is 48.8 Å². The van der Waals surface area contributed by atoms with E-state index in [4.69, 9.17) is 0 Å². The van der Waals surface area contributed by atoms with Crippen LogP contribution >= 0.6 is 0 Å². The lowest BCUT2D eigenvalue weighted by Crippen LogP contribution is -2.37. The summed E-state index contributed by atoms with van der Waals surface area (Å²) in [4.78, 5) is 0. The third kappa shape index (κ3) is 17.0. The molecule has 25 atom stereocenters. The average molecular weight is 1320 g/mol. The molecule has 8 nitrogen and oxygen atoms in total. The van der Waals surface area contributed by atoms with Crippen LogP contribution in [0.25, 0.3) is 0 Å². The van der Waals surface area contributed by atoms with Crippen molar-refractivity contribution in [1.29, 1.82) is 0 Å². The molecule has 8 heteroatoms. The standard InChI is InChI=1S/C88H130O8/c1-17-49(9)57-25-65-41-67-27-58(50(10)18-2)29-69(82(67)90)43-71-31-60(52(12)20-4)33-73(84(71)92)45-75-35-62(54(14)22-6)37-77(86(75)94)47-79-39-64(56(16)24-8)40-80(88(79)96)48-78-38-63(55(15)23-7)36-76(87(78)95)46-74-34-61(53(13)21-5)32-72(85(74)93)44-70-30-59(51(11)19-3)28-68(83(70)91)42-66(26-57)81(65)89/h25-39,49-56,64-65,67,70-71,74,76-77,80-96H,17-24,40-48H2,1-16H3. The lowest BCUT2D eigenvalue weighted by atomic mass is 9.67. The van der Waals surface area contributed by atoms with Crippen molar-refractivity contribution in [3.63, 3.8) is 0 Å². The molecule has 1 fully saturated rings. The Kier molecular flexibility index (Phi) is 26.5. The highest BCUT2D eigenvalue weighted by atomic mass is 16.3. The Morgan fingerprint density at radius 3 is 0.760 bits per heavy atom. The Morgan fingerprint density at radius 2 is 0.490 bits per heavy atom. The number of hydrogen-bond acceptors (Lipinski definition) is 8. The molecule has 0 aromatic heterocycles. The summed E-state index contributed by atoms with van der Waals surface area (Å²) in [5.41, 5.74) is 15.5. The molecule has 0 heterocycles. The van der Waals surface area contributed by atoms with Crippen molar-refractivity contribution in [3.8, 4) is 0 Å². The number of aliphatic hydroxyl groups excluding tert-OH is 8. The van der Waals surface area contributed by atoms with Crippen molar-refractivity contribution in [2.24, 2.45) is 101 Å². The molecule has 0 saturated heterocycles. The molecule has 0 amide bonds. The number of hydrogen-bond donors (Lipinski definition) is 8. The first-order valence-corrected chi connectivity index (χ1v) is 38.9. The highest BCUT2D eigenvalue weighted by molar-refractivity contribution is 5.47. The Morgan fingerprint density at radius 1 is 0.260 bits per heavy atom. The van der Waals surface area contributed by atoms with E-state index in [1.165, 1.54) is 39.0 Å². The van der Waals surface area contributed by atoms with Crippen LogP contribution in [0.1, 0.15) is 220 Å². The Bertz CT molecular complexity index is 3230. The molecule has 0 radical (unpaired) electrons. The lowest BCUT2D eigenvalue weighted by Gasteiger charge is -2.40. The molecular weight excluding hydrogens is 1180 g/mol. The van der Waals surface area contributed by atoms with E-state index in [0.29, 0.717) is 57.3 Å². The summed E-state index contributed by atoms with van der Waals surface area (Å²) in [6.07, 6.45) is 39.0. The van der Waals surface area contributed by atoms with E-state index in [-0.39, 0.29) is 94.7 Å². The molecule has 16 bridgehead atoms. The van der Waals surface area contributed by atoms with Crippen LogP contribution < -0.4 is 0 Å². The van der Waals surface area contributed by atoms with Gasteiger partial charge in [0.2, 0.25) is 0 Å². The minimum absolute atomic E-state index is 0.168. The maximum absolute atomic E-state index is 13.0. The van der Waals surface area contributed by atoms with Gasteiger partial charge in [0.1, 0.15) is 0 Å². The van der Waals surface area contributed by atoms with Gasteiger partial charge in [0.25, 0.3) is 0 Å². The Balaban J connectivity index is 1.16. The van der Waals surface area contributed by atoms with E-state index in [9.17, 15) is 40.9 Å². The number of aliphatic hydroxyl groups is 8. The molecule has 9 aliphatic carbocycles. The summed E-state index contributed by atoms with van der Waals surface area (Å²) in [5.74, 6) is -0.221. The van der Waals surface area contributed by atoms with Gasteiger partial charge < -0.3 is 40.9 Å². The number of rotatable bonds is 16. The van der Waals surface area contributed by atoms with Crippen LogP contribution in [0.15, 0.2) is 175 Å². The van der Waals surface area contributed by atoms with Crippen LogP contribution in [0.3, 0.4) is 0 Å². The molecule has 8 N–H and O–H groups in total. The van der Waals surface area contributed by atoms with Crippen LogP contribution in [0.5, 0.6) is 0 Å². The van der Waals surface area contributed by atoms with E-state index in [1.54, 1.807) is 0 Å². The van der Waals surface area contributed by atoms with Crippen molar-refractivity contribution in [2.75, 3.05) is 0 Å². The summed E-state index contributed by atoms with van der Waals surface area (Å²) in [7, 11) is 0. The van der Waals surface area contributed by atoms with Crippen LogP contribution in [0.4, 0.5) is 0 Å². The second-order valence-electron chi connectivity index (χ2n) is 32.5. The molecule has 25 unspecified atom stereocenters. The molecule has 0 aromatic carbocycles. The largest absolute Gasteiger partial charge is 0.388 e. The van der Waals surface area contributed by atoms with Crippen molar-refractivity contribution in [1.82, 2.24) is 0 Å². The minimum Gasteiger partial charge on any atom is -0.388 e. The van der Waals surface area contributed by atoms with Crippen LogP contribution in [0, 0.1) is 101 Å². The summed E-state index contributed by atoms with van der Waals surface area (Å²) < 4.78 is 0. The zero-order chi connectivity index (χ0) is 69.7. The molecule has 0 spiro atoms. The molecule has 96 heavy (non-hydrogen) atoms. The fourth-order valence-corrected chi connectivity index (χ4v) is 17.5. The van der Waals surface area contributed by atoms with E-state index in [2.05, 4.69) is 202 Å². The zero-order valence-electron chi connectivity index (χ0n) is 62.2. The number of fused-ring (bicyclic) bond motifs is 16. The second-order valence-corrected chi connectivity index (χ2v) is 32.5. The van der Waals surface area contributed by atoms with E-state index >= 15 is 0 Å². The third-order valence-corrected chi connectivity index (χ3v) is 26.1. The fourth-order valence-electron chi connectivity index (χ4n) is 17.5. The summed E-state index contributed by atoms with van der Waals surface area (Å²) >= 11 is 0. The molecule has 0 aromatic rings. The van der Waals surface area contributed by atoms with Crippen LogP contribution in [0.2, 0.25) is 0 Å². The van der Waals surface area contributed by atoms with Gasteiger partial charge in [-0.1, -0.05) is 208 Å². The molecular formula is C88H130O8.